The molecule has 0 aliphatic carbocycles. The average molecular weight is 276 g/mol. The van der Waals surface area contributed by atoms with E-state index in [0.29, 0.717) is 15.6 Å². The third-order valence-corrected chi connectivity index (χ3v) is 2.93. The summed E-state index contributed by atoms with van der Waals surface area (Å²) < 4.78 is 0.361. The number of phenols is 1. The van der Waals surface area contributed by atoms with Crippen molar-refractivity contribution in [2.45, 2.75) is 13.8 Å². The van der Waals surface area contributed by atoms with Crippen LogP contribution in [0.1, 0.15) is 17.0 Å². The Morgan fingerprint density at radius 2 is 1.78 bits per heavy atom. The van der Waals surface area contributed by atoms with E-state index in [2.05, 4.69) is 22.6 Å². The van der Waals surface area contributed by atoms with E-state index >= 15 is 0 Å². The number of hydrogen-bond donors (Lipinski definition) is 2. The van der Waals surface area contributed by atoms with Crippen LogP contribution in [0.3, 0.4) is 0 Å². The van der Waals surface area contributed by atoms with Gasteiger partial charge in [0.05, 0.1) is 4.20 Å². The molecule has 0 aliphatic heterocycles. The van der Waals surface area contributed by atoms with Crippen molar-refractivity contribution in [3.8, 4) is 17.1 Å². The molecule has 0 saturated heterocycles. The molecule has 0 spiro atoms. The van der Waals surface area contributed by atoms with Gasteiger partial charge in [0.25, 0.3) is 0 Å². The minimum Gasteiger partial charge on any atom is -0.507 e. The van der Waals surface area contributed by atoms with Crippen LogP contribution in [-0.2, 0) is 0 Å². The summed E-state index contributed by atoms with van der Waals surface area (Å²) in [4.78, 5) is 8.69. The van der Waals surface area contributed by atoms with Gasteiger partial charge >= 0.3 is 0 Å². The second-order valence-electron chi connectivity index (χ2n) is 4.01. The molecule has 0 radical (unpaired) electrons. The number of phenolic OH excluding ortho intramolecular Hbond substituents is 1. The standard InChI is InChI=1S/C13H12N2OS2/c1-7-5-8(2)15-12(14-7)9-3-4-10(13(17)18)11(16)6-9/h3-6,16H,1-2H3,(H,17,18). The van der Waals surface area contributed by atoms with Crippen molar-refractivity contribution in [2.75, 3.05) is 0 Å². The third-order valence-electron chi connectivity index (χ3n) is 2.47. The van der Waals surface area contributed by atoms with Crippen molar-refractivity contribution in [1.29, 1.82) is 0 Å². The molecule has 1 aromatic carbocycles. The molecule has 2 aromatic rings. The fourth-order valence-corrected chi connectivity index (χ4v) is 2.07. The molecule has 1 heterocycles. The van der Waals surface area contributed by atoms with Crippen molar-refractivity contribution in [3.05, 3.63) is 41.2 Å². The molecule has 1 N–H and O–H groups in total. The summed E-state index contributed by atoms with van der Waals surface area (Å²) >= 11 is 8.98. The summed E-state index contributed by atoms with van der Waals surface area (Å²) in [5.41, 5.74) is 3.09. The van der Waals surface area contributed by atoms with Crippen LogP contribution in [0.25, 0.3) is 11.4 Å². The number of rotatable bonds is 2. The first-order chi connectivity index (χ1) is 8.47. The molecule has 2 rings (SSSR count). The lowest BCUT2D eigenvalue weighted by Gasteiger charge is -2.06. The number of hydrogen-bond acceptors (Lipinski definition) is 4. The SMILES string of the molecule is Cc1cc(C)nc(-c2ccc(C(=S)S)c(O)c2)n1. The molecule has 1 aromatic heterocycles. The lowest BCUT2D eigenvalue weighted by atomic mass is 10.1. The maximum atomic E-state index is 9.87. The van der Waals surface area contributed by atoms with Crippen LogP contribution < -0.4 is 0 Å². The quantitative estimate of drug-likeness (QED) is 0.653. The molecule has 0 unspecified atom stereocenters. The van der Waals surface area contributed by atoms with Crippen molar-refractivity contribution in [3.63, 3.8) is 0 Å². The van der Waals surface area contributed by atoms with Crippen molar-refractivity contribution < 1.29 is 5.11 Å². The molecular weight excluding hydrogens is 264 g/mol. The number of thiocarbonyl (C=S) groups is 1. The van der Waals surface area contributed by atoms with Crippen LogP contribution in [0.5, 0.6) is 5.75 Å². The van der Waals surface area contributed by atoms with E-state index in [0.717, 1.165) is 17.0 Å². The Labute approximate surface area is 116 Å². The zero-order chi connectivity index (χ0) is 13.3. The van der Waals surface area contributed by atoms with Gasteiger partial charge in [0.1, 0.15) is 5.75 Å². The molecule has 92 valence electrons. The Bertz CT molecular complexity index is 606. The minimum absolute atomic E-state index is 0.0928. The molecule has 5 heteroatoms. The fourth-order valence-electron chi connectivity index (χ4n) is 1.71. The third kappa shape index (κ3) is 2.68. The Morgan fingerprint density at radius 3 is 2.28 bits per heavy atom. The molecule has 3 nitrogen and oxygen atoms in total. The van der Waals surface area contributed by atoms with Crippen LogP contribution >= 0.6 is 24.8 Å². The molecule has 0 saturated carbocycles. The fraction of sp³-hybridized carbons (Fsp3) is 0.154. The van der Waals surface area contributed by atoms with Crippen LogP contribution in [0.4, 0.5) is 0 Å². The van der Waals surface area contributed by atoms with Gasteiger partial charge < -0.3 is 5.11 Å². The van der Waals surface area contributed by atoms with Gasteiger partial charge in [-0.05, 0) is 32.0 Å². The summed E-state index contributed by atoms with van der Waals surface area (Å²) in [6.07, 6.45) is 0. The molecule has 0 atom stereocenters. The van der Waals surface area contributed by atoms with Crippen LogP contribution in [0.15, 0.2) is 24.3 Å². The highest BCUT2D eigenvalue weighted by Crippen LogP contribution is 2.26. The maximum absolute atomic E-state index is 9.87. The van der Waals surface area contributed by atoms with Gasteiger partial charge in [0.2, 0.25) is 0 Å². The normalized spacial score (nSPS) is 10.4. The highest BCUT2D eigenvalue weighted by molar-refractivity contribution is 8.11. The Balaban J connectivity index is 2.52. The van der Waals surface area contributed by atoms with E-state index in [1.165, 1.54) is 0 Å². The first-order valence-electron chi connectivity index (χ1n) is 5.36. The summed E-state index contributed by atoms with van der Waals surface area (Å²) in [6, 6.07) is 7.06. The van der Waals surface area contributed by atoms with E-state index in [4.69, 9.17) is 12.2 Å². The van der Waals surface area contributed by atoms with E-state index in [9.17, 15) is 5.11 Å². The molecule has 0 aliphatic rings. The van der Waals surface area contributed by atoms with Gasteiger partial charge in [-0.15, -0.1) is 12.6 Å². The van der Waals surface area contributed by atoms with Crippen molar-refractivity contribution >= 4 is 29.0 Å². The van der Waals surface area contributed by atoms with Gasteiger partial charge in [-0.1, -0.05) is 18.3 Å². The van der Waals surface area contributed by atoms with Crippen molar-refractivity contribution in [1.82, 2.24) is 9.97 Å². The molecule has 0 fully saturated rings. The minimum atomic E-state index is 0.0928. The predicted octanol–water partition coefficient (Wildman–Crippen LogP) is 3.07. The number of nitrogens with zero attached hydrogens (tertiary/aromatic N) is 2. The van der Waals surface area contributed by atoms with Crippen LogP contribution in [-0.4, -0.2) is 19.3 Å². The monoisotopic (exact) mass is 276 g/mol. The summed E-state index contributed by atoms with van der Waals surface area (Å²) in [7, 11) is 0. The van der Waals surface area contributed by atoms with E-state index in [-0.39, 0.29) is 5.75 Å². The first-order valence-corrected chi connectivity index (χ1v) is 6.22. The zero-order valence-electron chi connectivity index (χ0n) is 10.0. The second-order valence-corrected chi connectivity index (χ2v) is 5.17. The number of aryl methyl sites for hydroxylation is 2. The van der Waals surface area contributed by atoms with Gasteiger partial charge in [0, 0.05) is 22.5 Å². The number of benzene rings is 1. The smallest absolute Gasteiger partial charge is 0.159 e. The first kappa shape index (κ1) is 13.0. The highest BCUT2D eigenvalue weighted by Gasteiger charge is 2.08. The van der Waals surface area contributed by atoms with Gasteiger partial charge in [-0.25, -0.2) is 9.97 Å². The number of thiol groups is 1. The van der Waals surface area contributed by atoms with Gasteiger partial charge in [-0.2, -0.15) is 0 Å². The van der Waals surface area contributed by atoms with E-state index < -0.39 is 0 Å². The molecule has 0 amide bonds. The zero-order valence-corrected chi connectivity index (χ0v) is 11.7. The summed E-state index contributed by atoms with van der Waals surface area (Å²) in [5.74, 6) is 0.690. The lowest BCUT2D eigenvalue weighted by Crippen LogP contribution is -1.95. The van der Waals surface area contributed by atoms with Gasteiger partial charge in [0.15, 0.2) is 5.82 Å². The molecule has 18 heavy (non-hydrogen) atoms. The topological polar surface area (TPSA) is 46.0 Å². The second kappa shape index (κ2) is 5.04. The lowest BCUT2D eigenvalue weighted by molar-refractivity contribution is 0.474. The number of aromatic hydroxyl groups is 1. The Kier molecular flexibility index (Phi) is 3.63. The molecular formula is C13H12N2OS2. The Hall–Kier alpha value is -1.46. The van der Waals surface area contributed by atoms with E-state index in [1.807, 2.05) is 26.0 Å². The molecule has 0 bridgehead atoms. The van der Waals surface area contributed by atoms with Crippen LogP contribution in [0, 0.1) is 13.8 Å². The maximum Gasteiger partial charge on any atom is 0.159 e. The van der Waals surface area contributed by atoms with Gasteiger partial charge in [-0.3, -0.25) is 0 Å². The van der Waals surface area contributed by atoms with Crippen LogP contribution in [0.2, 0.25) is 0 Å². The highest BCUT2D eigenvalue weighted by atomic mass is 32.1. The Morgan fingerprint density at radius 1 is 1.17 bits per heavy atom. The summed E-state index contributed by atoms with van der Waals surface area (Å²) in [6.45, 7) is 3.82. The van der Waals surface area contributed by atoms with E-state index in [1.54, 1.807) is 12.1 Å². The number of aromatic nitrogens is 2. The average Bonchev–Trinajstić information content (AvgIpc) is 2.26. The predicted molar refractivity (Wildman–Crippen MR) is 79.3 cm³/mol. The largest absolute Gasteiger partial charge is 0.507 e. The van der Waals surface area contributed by atoms with Crippen molar-refractivity contribution in [2.24, 2.45) is 0 Å². The summed E-state index contributed by atoms with van der Waals surface area (Å²) in [5, 5.41) is 9.87.